The van der Waals surface area contributed by atoms with Crippen LogP contribution in [0, 0.1) is 0 Å². The van der Waals surface area contributed by atoms with Crippen LogP contribution >= 0.6 is 11.8 Å². The first kappa shape index (κ1) is 23.0. The molecule has 1 atom stereocenters. The second-order valence-corrected chi connectivity index (χ2v) is 9.21. The van der Waals surface area contributed by atoms with Gasteiger partial charge in [-0.25, -0.2) is 4.98 Å². The summed E-state index contributed by atoms with van der Waals surface area (Å²) in [7, 11) is 3.28. The van der Waals surface area contributed by atoms with Crippen molar-refractivity contribution in [1.29, 1.82) is 0 Å². The molecule has 8 heteroatoms. The number of benzene rings is 3. The van der Waals surface area contributed by atoms with E-state index in [2.05, 4.69) is 27.3 Å². The number of rotatable bonds is 7. The number of methoxy groups -OCH3 is 2. The number of aromatic amines is 1. The van der Waals surface area contributed by atoms with Crippen molar-refractivity contribution < 1.29 is 14.3 Å². The lowest BCUT2D eigenvalue weighted by Crippen LogP contribution is -2.40. The van der Waals surface area contributed by atoms with E-state index >= 15 is 0 Å². The molecule has 0 saturated carbocycles. The first-order valence-electron chi connectivity index (χ1n) is 11.4. The molecule has 0 spiro atoms. The van der Waals surface area contributed by atoms with Crippen LogP contribution in [0.4, 0.5) is 0 Å². The van der Waals surface area contributed by atoms with Gasteiger partial charge in [-0.2, -0.15) is 5.10 Å². The zero-order valence-electron chi connectivity index (χ0n) is 19.6. The van der Waals surface area contributed by atoms with Crippen molar-refractivity contribution in [2.75, 3.05) is 20.8 Å². The van der Waals surface area contributed by atoms with Crippen LogP contribution in [0.25, 0.3) is 0 Å². The van der Waals surface area contributed by atoms with Crippen molar-refractivity contribution in [1.82, 2.24) is 20.1 Å². The summed E-state index contributed by atoms with van der Waals surface area (Å²) < 4.78 is 11.1. The van der Waals surface area contributed by atoms with Crippen molar-refractivity contribution in [3.63, 3.8) is 0 Å². The molecule has 3 aromatic carbocycles. The minimum absolute atomic E-state index is 0.00808. The third-order valence-electron chi connectivity index (χ3n) is 6.22. The summed E-state index contributed by atoms with van der Waals surface area (Å²) in [5.41, 5.74) is 5.08. The Kier molecular flexibility index (Phi) is 6.72. The number of amides is 1. The summed E-state index contributed by atoms with van der Waals surface area (Å²) in [6, 6.07) is 21.8. The lowest BCUT2D eigenvalue weighted by molar-refractivity contribution is 0.0694. The molecule has 1 aliphatic heterocycles. The van der Waals surface area contributed by atoms with Gasteiger partial charge in [0.05, 0.1) is 20.3 Å². The zero-order valence-corrected chi connectivity index (χ0v) is 20.4. The van der Waals surface area contributed by atoms with E-state index in [1.54, 1.807) is 26.0 Å². The highest BCUT2D eigenvalue weighted by Gasteiger charge is 2.33. The number of nitrogens with one attached hydrogen (secondary N) is 1. The number of H-pyrrole nitrogens is 1. The van der Waals surface area contributed by atoms with Crippen LogP contribution in [0.1, 0.15) is 38.7 Å². The van der Waals surface area contributed by atoms with Crippen LogP contribution < -0.4 is 9.47 Å². The predicted molar refractivity (Wildman–Crippen MR) is 135 cm³/mol. The van der Waals surface area contributed by atoms with E-state index in [-0.39, 0.29) is 11.9 Å². The molecule has 1 amide bonds. The van der Waals surface area contributed by atoms with Gasteiger partial charge in [-0.1, -0.05) is 54.2 Å². The van der Waals surface area contributed by atoms with Crippen LogP contribution in [-0.4, -0.2) is 46.8 Å². The number of hydrogen-bond acceptors (Lipinski definition) is 6. The number of thioether (sulfide) groups is 1. The number of hydrogen-bond donors (Lipinski definition) is 1. The minimum atomic E-state index is -0.214. The first-order chi connectivity index (χ1) is 17.2. The molecule has 1 aromatic heterocycles. The van der Waals surface area contributed by atoms with Crippen LogP contribution in [0.5, 0.6) is 11.5 Å². The number of carbonyl (C=O) groups excluding carboxylic acids is 1. The lowest BCUT2D eigenvalue weighted by Gasteiger charge is -2.38. The van der Waals surface area contributed by atoms with Gasteiger partial charge in [0, 0.05) is 17.9 Å². The first-order valence-corrected chi connectivity index (χ1v) is 12.3. The monoisotopic (exact) mass is 486 g/mol. The molecule has 1 N–H and O–H groups in total. The number of carbonyl (C=O) groups is 1. The SMILES string of the molecule is COc1cc2c(cc1OC)C(c1ccccc1)N(C(=O)c1ccc(CSc3ncn[nH]3)cc1)CC2. The summed E-state index contributed by atoms with van der Waals surface area (Å²) in [4.78, 5) is 19.9. The highest BCUT2D eigenvalue weighted by atomic mass is 32.2. The van der Waals surface area contributed by atoms with E-state index in [1.165, 1.54) is 11.9 Å². The largest absolute Gasteiger partial charge is 0.493 e. The fourth-order valence-electron chi connectivity index (χ4n) is 4.48. The molecule has 0 radical (unpaired) electrons. The molecule has 4 aromatic rings. The fourth-order valence-corrected chi connectivity index (χ4v) is 5.22. The van der Waals surface area contributed by atoms with Gasteiger partial charge in [0.25, 0.3) is 5.91 Å². The summed E-state index contributed by atoms with van der Waals surface area (Å²) in [6.45, 7) is 0.615. The highest BCUT2D eigenvalue weighted by Crippen LogP contribution is 2.41. The number of nitrogens with zero attached hydrogens (tertiary/aromatic N) is 3. The van der Waals surface area contributed by atoms with E-state index in [4.69, 9.17) is 9.47 Å². The summed E-state index contributed by atoms with van der Waals surface area (Å²) in [5.74, 6) is 2.12. The molecule has 0 bridgehead atoms. The van der Waals surface area contributed by atoms with Crippen molar-refractivity contribution in [3.8, 4) is 11.5 Å². The third kappa shape index (κ3) is 4.74. The lowest BCUT2D eigenvalue weighted by atomic mass is 9.87. The highest BCUT2D eigenvalue weighted by molar-refractivity contribution is 7.98. The maximum Gasteiger partial charge on any atom is 0.254 e. The van der Waals surface area contributed by atoms with Gasteiger partial charge < -0.3 is 14.4 Å². The summed E-state index contributed by atoms with van der Waals surface area (Å²) in [5, 5.41) is 7.49. The van der Waals surface area contributed by atoms with Crippen molar-refractivity contribution in [2.24, 2.45) is 0 Å². The molecule has 178 valence electrons. The molecular formula is C27H26N4O3S. The van der Waals surface area contributed by atoms with Crippen LogP contribution in [0.2, 0.25) is 0 Å². The van der Waals surface area contributed by atoms with Crippen molar-refractivity contribution in [2.45, 2.75) is 23.4 Å². The Bertz CT molecular complexity index is 1290. The predicted octanol–water partition coefficient (Wildman–Crippen LogP) is 4.90. The Balaban J connectivity index is 1.45. The average molecular weight is 487 g/mol. The molecule has 2 heterocycles. The Hall–Kier alpha value is -3.78. The Morgan fingerprint density at radius 2 is 1.80 bits per heavy atom. The maximum atomic E-state index is 13.8. The average Bonchev–Trinajstić information content (AvgIpc) is 3.44. The molecule has 1 unspecified atom stereocenters. The van der Waals surface area contributed by atoms with Gasteiger partial charge >= 0.3 is 0 Å². The van der Waals surface area contributed by atoms with Gasteiger partial charge in [-0.3, -0.25) is 9.89 Å². The van der Waals surface area contributed by atoms with E-state index in [9.17, 15) is 4.79 Å². The van der Waals surface area contributed by atoms with Crippen molar-refractivity contribution in [3.05, 3.63) is 101 Å². The molecule has 7 nitrogen and oxygen atoms in total. The quantitative estimate of drug-likeness (QED) is 0.374. The van der Waals surface area contributed by atoms with Crippen LogP contribution in [0.15, 0.2) is 78.2 Å². The van der Waals surface area contributed by atoms with Gasteiger partial charge in [0.2, 0.25) is 0 Å². The van der Waals surface area contributed by atoms with Crippen LogP contribution in [-0.2, 0) is 12.2 Å². The van der Waals surface area contributed by atoms with Crippen LogP contribution in [0.3, 0.4) is 0 Å². The van der Waals surface area contributed by atoms with Gasteiger partial charge in [0.15, 0.2) is 16.7 Å². The van der Waals surface area contributed by atoms with Gasteiger partial charge in [0.1, 0.15) is 6.33 Å². The molecule has 0 saturated heterocycles. The maximum absolute atomic E-state index is 13.8. The topological polar surface area (TPSA) is 80.3 Å². The Morgan fingerprint density at radius 1 is 1.06 bits per heavy atom. The standard InChI is InChI=1S/C27H26N4O3S/c1-33-23-14-21-12-13-31(25(19-6-4-3-5-7-19)22(21)15-24(23)34-2)26(32)20-10-8-18(9-11-20)16-35-27-28-17-29-30-27/h3-11,14-15,17,25H,12-13,16H2,1-2H3,(H,28,29,30). The molecule has 0 fully saturated rings. The Morgan fingerprint density at radius 3 is 2.49 bits per heavy atom. The smallest absolute Gasteiger partial charge is 0.254 e. The number of aromatic nitrogens is 3. The summed E-state index contributed by atoms with van der Waals surface area (Å²) >= 11 is 1.57. The second-order valence-electron chi connectivity index (χ2n) is 8.24. The molecule has 0 aliphatic carbocycles. The van der Waals surface area contributed by atoms with E-state index in [0.29, 0.717) is 23.6 Å². The minimum Gasteiger partial charge on any atom is -0.493 e. The second kappa shape index (κ2) is 10.2. The number of fused-ring (bicyclic) bond motifs is 1. The zero-order chi connectivity index (χ0) is 24.2. The Labute approximate surface area is 208 Å². The van der Waals surface area contributed by atoms with Gasteiger partial charge in [-0.05, 0) is 52.9 Å². The molecular weight excluding hydrogens is 460 g/mol. The normalized spacial score (nSPS) is 14.9. The molecule has 1 aliphatic rings. The van der Waals surface area contributed by atoms with E-state index in [1.807, 2.05) is 59.5 Å². The molecule has 5 rings (SSSR count). The fraction of sp³-hybridized carbons (Fsp3) is 0.222. The van der Waals surface area contributed by atoms with E-state index in [0.717, 1.165) is 34.0 Å². The van der Waals surface area contributed by atoms with Crippen molar-refractivity contribution >= 4 is 17.7 Å². The number of ether oxygens (including phenoxy) is 2. The van der Waals surface area contributed by atoms with Gasteiger partial charge in [-0.15, -0.1) is 0 Å². The van der Waals surface area contributed by atoms with E-state index < -0.39 is 0 Å². The molecule has 35 heavy (non-hydrogen) atoms. The summed E-state index contributed by atoms with van der Waals surface area (Å²) in [6.07, 6.45) is 2.24. The third-order valence-corrected chi connectivity index (χ3v) is 7.17.